The van der Waals surface area contributed by atoms with E-state index in [1.807, 2.05) is 30.3 Å². The van der Waals surface area contributed by atoms with Crippen LogP contribution in [0.1, 0.15) is 30.9 Å². The number of hydrogen-bond donors (Lipinski definition) is 2. The van der Waals surface area contributed by atoms with Crippen LogP contribution in [0.4, 0.5) is 0 Å². The van der Waals surface area contributed by atoms with Crippen LogP contribution in [-0.4, -0.2) is 11.8 Å². The summed E-state index contributed by atoms with van der Waals surface area (Å²) in [6.45, 7) is 2.21. The van der Waals surface area contributed by atoms with Gasteiger partial charge in [0, 0.05) is 29.5 Å². The standard InChI is InChI=1S/C23H25N2O/c1-17(23(24)15-8-16-23)13-14-20-25-21(18-9-4-2-5-10-18)22(26-20)19-11-6-3-7-12-19/h2-12,15-17,20,25H,13-14,24H2,1H3. The second-order valence-corrected chi connectivity index (χ2v) is 7.19. The van der Waals surface area contributed by atoms with E-state index in [2.05, 4.69) is 61.1 Å². The molecule has 0 fully saturated rings. The van der Waals surface area contributed by atoms with Gasteiger partial charge in [-0.1, -0.05) is 79.7 Å². The molecule has 3 heteroatoms. The van der Waals surface area contributed by atoms with E-state index in [4.69, 9.17) is 10.5 Å². The molecule has 4 rings (SSSR count). The van der Waals surface area contributed by atoms with Crippen molar-refractivity contribution < 1.29 is 4.74 Å². The van der Waals surface area contributed by atoms with Crippen LogP contribution in [0.3, 0.4) is 0 Å². The van der Waals surface area contributed by atoms with Crippen molar-refractivity contribution >= 4 is 11.5 Å². The van der Waals surface area contributed by atoms with Crippen molar-refractivity contribution in [3.63, 3.8) is 0 Å². The third-order valence-corrected chi connectivity index (χ3v) is 5.38. The lowest BCUT2D eigenvalue weighted by Gasteiger charge is -2.37. The lowest BCUT2D eigenvalue weighted by atomic mass is 9.74. The van der Waals surface area contributed by atoms with E-state index in [1.165, 1.54) is 0 Å². The summed E-state index contributed by atoms with van der Waals surface area (Å²) in [5, 5.41) is 3.59. The van der Waals surface area contributed by atoms with Gasteiger partial charge in [-0.3, -0.25) is 0 Å². The highest BCUT2D eigenvalue weighted by atomic mass is 16.5. The summed E-state index contributed by atoms with van der Waals surface area (Å²) in [4.78, 5) is 0. The Bertz CT molecular complexity index is 761. The Morgan fingerprint density at radius 2 is 1.65 bits per heavy atom. The molecule has 2 aromatic rings. The van der Waals surface area contributed by atoms with Crippen LogP contribution in [0.25, 0.3) is 11.5 Å². The van der Waals surface area contributed by atoms with Crippen LogP contribution in [0.5, 0.6) is 0 Å². The summed E-state index contributed by atoms with van der Waals surface area (Å²) in [6.07, 6.45) is 8.08. The Labute approximate surface area is 155 Å². The first-order valence-corrected chi connectivity index (χ1v) is 9.27. The zero-order valence-electron chi connectivity index (χ0n) is 15.1. The number of hydrogen-bond acceptors (Lipinski definition) is 3. The zero-order valence-corrected chi connectivity index (χ0v) is 15.1. The van der Waals surface area contributed by atoms with Crippen molar-refractivity contribution in [2.45, 2.75) is 31.5 Å². The summed E-state index contributed by atoms with van der Waals surface area (Å²) < 4.78 is 6.33. The Morgan fingerprint density at radius 1 is 1.04 bits per heavy atom. The van der Waals surface area contributed by atoms with Crippen molar-refractivity contribution in [3.8, 4) is 0 Å². The zero-order chi connectivity index (χ0) is 18.0. The molecule has 2 aromatic carbocycles. The van der Waals surface area contributed by atoms with Crippen molar-refractivity contribution in [3.05, 3.63) is 90.4 Å². The number of nitrogens with two attached hydrogens (primary N) is 1. The highest BCUT2D eigenvalue weighted by Crippen LogP contribution is 2.35. The van der Waals surface area contributed by atoms with Gasteiger partial charge in [0.25, 0.3) is 0 Å². The minimum absolute atomic E-state index is 0.0319. The van der Waals surface area contributed by atoms with Gasteiger partial charge >= 0.3 is 0 Å². The summed E-state index contributed by atoms with van der Waals surface area (Å²) in [5.41, 5.74) is 9.41. The van der Waals surface area contributed by atoms with Crippen LogP contribution < -0.4 is 11.1 Å². The molecule has 0 bridgehead atoms. The Kier molecular flexibility index (Phi) is 4.56. The summed E-state index contributed by atoms with van der Waals surface area (Å²) >= 11 is 0. The fourth-order valence-electron chi connectivity index (χ4n) is 3.51. The fraction of sp³-hybridized carbons (Fsp3) is 0.261. The molecule has 0 spiro atoms. The third-order valence-electron chi connectivity index (χ3n) is 5.38. The monoisotopic (exact) mass is 345 g/mol. The highest BCUT2D eigenvalue weighted by molar-refractivity contribution is 5.88. The van der Waals surface area contributed by atoms with Gasteiger partial charge in [-0.15, -0.1) is 0 Å². The Balaban J connectivity index is 1.51. The van der Waals surface area contributed by atoms with Gasteiger partial charge in [0.05, 0.1) is 5.70 Å². The molecule has 0 saturated carbocycles. The molecule has 1 radical (unpaired) electrons. The molecule has 1 heterocycles. The van der Waals surface area contributed by atoms with E-state index in [9.17, 15) is 0 Å². The molecule has 26 heavy (non-hydrogen) atoms. The molecule has 1 aliphatic carbocycles. The van der Waals surface area contributed by atoms with E-state index in [1.54, 1.807) is 0 Å². The van der Waals surface area contributed by atoms with E-state index in [0.29, 0.717) is 5.92 Å². The molecule has 3 N–H and O–H groups in total. The number of benzene rings is 2. The molecule has 1 aliphatic heterocycles. The lowest BCUT2D eigenvalue weighted by molar-refractivity contribution is 0.148. The minimum Gasteiger partial charge on any atom is -0.468 e. The molecule has 0 amide bonds. The smallest absolute Gasteiger partial charge is 0.170 e. The second-order valence-electron chi connectivity index (χ2n) is 7.19. The van der Waals surface area contributed by atoms with Crippen molar-refractivity contribution in [2.75, 3.05) is 0 Å². The number of nitrogens with one attached hydrogen (secondary N) is 1. The van der Waals surface area contributed by atoms with Crippen LogP contribution in [0.15, 0.2) is 72.8 Å². The van der Waals surface area contributed by atoms with Crippen molar-refractivity contribution in [1.29, 1.82) is 0 Å². The van der Waals surface area contributed by atoms with Crippen molar-refractivity contribution in [1.82, 2.24) is 5.32 Å². The Morgan fingerprint density at radius 3 is 2.23 bits per heavy atom. The van der Waals surface area contributed by atoms with Crippen LogP contribution in [-0.2, 0) is 4.74 Å². The largest absolute Gasteiger partial charge is 0.468 e. The first kappa shape index (κ1) is 16.9. The lowest BCUT2D eigenvalue weighted by Crippen LogP contribution is -2.48. The van der Waals surface area contributed by atoms with Gasteiger partial charge < -0.3 is 15.8 Å². The van der Waals surface area contributed by atoms with Crippen molar-refractivity contribution in [2.24, 2.45) is 11.7 Å². The molecule has 3 atom stereocenters. The maximum atomic E-state index is 6.35. The van der Waals surface area contributed by atoms with Gasteiger partial charge in [0.15, 0.2) is 12.0 Å². The first-order chi connectivity index (χ1) is 12.7. The van der Waals surface area contributed by atoms with Gasteiger partial charge in [-0.2, -0.15) is 0 Å². The molecule has 0 aromatic heterocycles. The van der Waals surface area contributed by atoms with E-state index in [0.717, 1.165) is 35.4 Å². The topological polar surface area (TPSA) is 47.3 Å². The number of rotatable bonds is 6. The maximum Gasteiger partial charge on any atom is 0.170 e. The molecule has 2 aliphatic rings. The average molecular weight is 345 g/mol. The quantitative estimate of drug-likeness (QED) is 0.818. The number of ether oxygens (including phenoxy) is 1. The molecular formula is C23H25N2O. The fourth-order valence-corrected chi connectivity index (χ4v) is 3.51. The van der Waals surface area contributed by atoms with E-state index >= 15 is 0 Å². The van der Waals surface area contributed by atoms with Crippen LogP contribution in [0, 0.1) is 12.3 Å². The van der Waals surface area contributed by atoms with E-state index in [-0.39, 0.29) is 11.8 Å². The third kappa shape index (κ3) is 3.27. The maximum absolute atomic E-state index is 6.35. The molecule has 133 valence electrons. The summed E-state index contributed by atoms with van der Waals surface area (Å²) in [6, 6.07) is 20.7. The van der Waals surface area contributed by atoms with Gasteiger partial charge in [0.1, 0.15) is 0 Å². The summed E-state index contributed by atoms with van der Waals surface area (Å²) in [5.74, 6) is 1.31. The highest BCUT2D eigenvalue weighted by Gasteiger charge is 2.34. The van der Waals surface area contributed by atoms with Crippen LogP contribution >= 0.6 is 0 Å². The second kappa shape index (κ2) is 7.00. The van der Waals surface area contributed by atoms with Crippen LogP contribution in [0.2, 0.25) is 0 Å². The average Bonchev–Trinajstić information content (AvgIpc) is 3.10. The predicted molar refractivity (Wildman–Crippen MR) is 106 cm³/mol. The normalized spacial score (nSPS) is 25.4. The van der Waals surface area contributed by atoms with E-state index < -0.39 is 0 Å². The van der Waals surface area contributed by atoms with Gasteiger partial charge in [0.2, 0.25) is 0 Å². The molecule has 0 saturated heterocycles. The first-order valence-electron chi connectivity index (χ1n) is 9.27. The SMILES string of the molecule is CC(CCC1NC(c2ccccc2)=C(c2ccccc2)O1)C1(N)[CH]C=C1. The summed E-state index contributed by atoms with van der Waals surface area (Å²) in [7, 11) is 0. The molecular weight excluding hydrogens is 320 g/mol. The molecule has 3 unspecified atom stereocenters. The Hall–Kier alpha value is -2.52. The van der Waals surface area contributed by atoms with Gasteiger partial charge in [-0.25, -0.2) is 0 Å². The molecule has 3 nitrogen and oxygen atoms in total. The minimum atomic E-state index is -0.253. The predicted octanol–water partition coefficient (Wildman–Crippen LogP) is 4.35. The van der Waals surface area contributed by atoms with Gasteiger partial charge in [-0.05, 0) is 12.3 Å².